The van der Waals surface area contributed by atoms with Crippen molar-refractivity contribution in [1.82, 2.24) is 9.13 Å². The molecule has 0 unspecified atom stereocenters. The molecule has 15 heteroatoms. The third kappa shape index (κ3) is 5.08. The van der Waals surface area contributed by atoms with Crippen molar-refractivity contribution in [2.24, 2.45) is 0 Å². The van der Waals surface area contributed by atoms with E-state index in [0.29, 0.717) is 22.9 Å². The number of aromatic nitrogens is 2. The lowest BCUT2D eigenvalue weighted by Gasteiger charge is -2.20. The Kier molecular flexibility index (Phi) is 7.02. The molecule has 0 aliphatic carbocycles. The van der Waals surface area contributed by atoms with Gasteiger partial charge in [0.15, 0.2) is 0 Å². The van der Waals surface area contributed by atoms with Gasteiger partial charge >= 0.3 is 24.7 Å². The second-order valence-corrected chi connectivity index (χ2v) is 11.3. The Morgan fingerprint density at radius 1 is 0.440 bits per heavy atom. The molecule has 0 bridgehead atoms. The highest BCUT2D eigenvalue weighted by molar-refractivity contribution is 6.19. The molecule has 0 spiro atoms. The van der Waals surface area contributed by atoms with Crippen molar-refractivity contribution in [1.29, 1.82) is 5.26 Å². The minimum absolute atomic E-state index is 0.0262. The molecular formula is C35H15F12N3. The number of fused-ring (bicyclic) bond motifs is 6. The fraction of sp³-hybridized carbons (Fsp3) is 0.114. The largest absolute Gasteiger partial charge is 0.418 e. The number of para-hydroxylation sites is 2. The van der Waals surface area contributed by atoms with Gasteiger partial charge in [0.2, 0.25) is 0 Å². The fourth-order valence-electron chi connectivity index (χ4n) is 6.41. The number of alkyl halides is 12. The Hall–Kier alpha value is -5.65. The maximum Gasteiger partial charge on any atom is 0.418 e. The van der Waals surface area contributed by atoms with Gasteiger partial charge in [0, 0.05) is 21.5 Å². The molecule has 0 aliphatic heterocycles. The molecule has 0 N–H and O–H groups in total. The smallest absolute Gasteiger partial charge is 0.309 e. The molecule has 5 aromatic carbocycles. The van der Waals surface area contributed by atoms with E-state index in [0.717, 1.165) is 9.13 Å². The first-order valence-electron chi connectivity index (χ1n) is 14.3. The zero-order valence-electron chi connectivity index (χ0n) is 24.5. The lowest BCUT2D eigenvalue weighted by atomic mass is 10.0. The van der Waals surface area contributed by atoms with Crippen LogP contribution in [0.4, 0.5) is 52.7 Å². The van der Waals surface area contributed by atoms with E-state index in [9.17, 15) is 57.9 Å². The van der Waals surface area contributed by atoms with Crippen LogP contribution < -0.4 is 0 Å². The van der Waals surface area contributed by atoms with Crippen LogP contribution in [0.15, 0.2) is 91.0 Å². The van der Waals surface area contributed by atoms with Crippen LogP contribution in [0.5, 0.6) is 0 Å². The molecule has 0 saturated heterocycles. The predicted octanol–water partition coefficient (Wildman–Crippen LogP) is 11.8. The lowest BCUT2D eigenvalue weighted by Crippen LogP contribution is -2.16. The first kappa shape index (κ1) is 32.9. The Morgan fingerprint density at radius 3 is 1.46 bits per heavy atom. The van der Waals surface area contributed by atoms with E-state index in [4.69, 9.17) is 0 Å². The number of nitriles is 1. The second-order valence-electron chi connectivity index (χ2n) is 11.3. The van der Waals surface area contributed by atoms with Gasteiger partial charge < -0.3 is 9.13 Å². The van der Waals surface area contributed by atoms with Gasteiger partial charge in [-0.05, 0) is 54.6 Å². The van der Waals surface area contributed by atoms with E-state index in [2.05, 4.69) is 0 Å². The molecule has 2 aromatic heterocycles. The predicted molar refractivity (Wildman–Crippen MR) is 160 cm³/mol. The highest BCUT2D eigenvalue weighted by Crippen LogP contribution is 2.46. The minimum Gasteiger partial charge on any atom is -0.309 e. The van der Waals surface area contributed by atoms with Gasteiger partial charge in [-0.3, -0.25) is 0 Å². The molecule has 254 valence electrons. The Labute approximate surface area is 271 Å². The molecule has 0 fully saturated rings. The van der Waals surface area contributed by atoms with Crippen molar-refractivity contribution in [2.45, 2.75) is 24.7 Å². The summed E-state index contributed by atoms with van der Waals surface area (Å²) in [5.74, 6) is 0. The lowest BCUT2D eigenvalue weighted by molar-refractivity contribution is -0.144. The van der Waals surface area contributed by atoms with E-state index >= 15 is 0 Å². The number of nitrogens with zero attached hydrogens (tertiary/aromatic N) is 3. The summed E-state index contributed by atoms with van der Waals surface area (Å²) >= 11 is 0. The van der Waals surface area contributed by atoms with E-state index in [-0.39, 0.29) is 51.0 Å². The molecular weight excluding hydrogens is 690 g/mol. The Balaban J connectivity index is 1.68. The van der Waals surface area contributed by atoms with Crippen LogP contribution in [-0.4, -0.2) is 9.13 Å². The average Bonchev–Trinajstić information content (AvgIpc) is 3.53. The Morgan fingerprint density at radius 2 is 0.940 bits per heavy atom. The van der Waals surface area contributed by atoms with Gasteiger partial charge in [-0.1, -0.05) is 36.4 Å². The maximum absolute atomic E-state index is 14.6. The quantitative estimate of drug-likeness (QED) is 0.165. The minimum atomic E-state index is -5.42. The Bertz CT molecular complexity index is 2550. The summed E-state index contributed by atoms with van der Waals surface area (Å²) in [5.41, 5.74) is -9.47. The molecule has 0 saturated carbocycles. The summed E-state index contributed by atoms with van der Waals surface area (Å²) in [5, 5.41) is 11.0. The van der Waals surface area contributed by atoms with Crippen molar-refractivity contribution < 1.29 is 52.7 Å². The molecule has 0 amide bonds. The van der Waals surface area contributed by atoms with Crippen LogP contribution in [-0.2, 0) is 24.7 Å². The first-order chi connectivity index (χ1) is 23.3. The molecule has 50 heavy (non-hydrogen) atoms. The molecule has 0 aliphatic rings. The summed E-state index contributed by atoms with van der Waals surface area (Å²) in [6, 6.07) is 17.2. The van der Waals surface area contributed by atoms with Crippen molar-refractivity contribution in [3.63, 3.8) is 0 Å². The maximum atomic E-state index is 14.6. The van der Waals surface area contributed by atoms with Crippen LogP contribution in [0.2, 0.25) is 0 Å². The zero-order valence-corrected chi connectivity index (χ0v) is 24.5. The molecule has 3 nitrogen and oxygen atoms in total. The number of hydrogen-bond acceptors (Lipinski definition) is 1. The molecule has 2 heterocycles. The van der Waals surface area contributed by atoms with Gasteiger partial charge in [0.05, 0.1) is 61.3 Å². The monoisotopic (exact) mass is 705 g/mol. The van der Waals surface area contributed by atoms with Crippen LogP contribution in [0, 0.1) is 11.3 Å². The summed E-state index contributed by atoms with van der Waals surface area (Å²) < 4.78 is 171. The van der Waals surface area contributed by atoms with Crippen LogP contribution in [0.1, 0.15) is 27.8 Å². The van der Waals surface area contributed by atoms with Gasteiger partial charge in [-0.2, -0.15) is 57.9 Å². The second kappa shape index (κ2) is 10.7. The third-order valence-electron chi connectivity index (χ3n) is 8.42. The highest BCUT2D eigenvalue weighted by atomic mass is 19.4. The number of hydrogen-bond donors (Lipinski definition) is 0. The van der Waals surface area contributed by atoms with Crippen LogP contribution in [0.3, 0.4) is 0 Å². The van der Waals surface area contributed by atoms with Crippen LogP contribution in [0.25, 0.3) is 55.0 Å². The standard InChI is InChI=1S/C35H15F12N3/c36-32(37,38)18-9-10-28(24(12-18)34(42,43)44)49-26-7-3-1-5-20(26)22-14-23-21-6-2-4-8-27(21)50(30(23)15-29(22)49)31-17(16-48)11-19(33(39,40)41)13-25(31)35(45,46)47/h1-15H. The topological polar surface area (TPSA) is 33.6 Å². The molecule has 7 rings (SSSR count). The summed E-state index contributed by atoms with van der Waals surface area (Å²) in [6.07, 6.45) is -21.1. The number of benzene rings is 5. The van der Waals surface area contributed by atoms with E-state index in [1.54, 1.807) is 18.2 Å². The van der Waals surface area contributed by atoms with Gasteiger partial charge in [0.1, 0.15) is 6.07 Å². The van der Waals surface area contributed by atoms with Gasteiger partial charge in [-0.15, -0.1) is 0 Å². The first-order valence-corrected chi connectivity index (χ1v) is 14.3. The number of halogens is 12. The third-order valence-corrected chi connectivity index (χ3v) is 8.42. The SMILES string of the molecule is N#Cc1cc(C(F)(F)F)cc(C(F)(F)F)c1-n1c2ccccc2c2cc3c4ccccc4n(-c4ccc(C(F)(F)F)cc4C(F)(F)F)c3cc21. The molecule has 0 radical (unpaired) electrons. The average molecular weight is 706 g/mol. The fourth-order valence-corrected chi connectivity index (χ4v) is 6.41. The number of rotatable bonds is 2. The van der Waals surface area contributed by atoms with Gasteiger partial charge in [0.25, 0.3) is 0 Å². The van der Waals surface area contributed by atoms with E-state index in [1.165, 1.54) is 48.5 Å². The van der Waals surface area contributed by atoms with Crippen molar-refractivity contribution >= 4 is 43.6 Å². The van der Waals surface area contributed by atoms with Crippen molar-refractivity contribution in [3.05, 3.63) is 119 Å². The van der Waals surface area contributed by atoms with Crippen molar-refractivity contribution in [3.8, 4) is 17.4 Å². The summed E-state index contributed by atoms with van der Waals surface area (Å²) in [7, 11) is 0. The van der Waals surface area contributed by atoms with Crippen LogP contribution >= 0.6 is 0 Å². The molecule has 0 atom stereocenters. The normalized spacial score (nSPS) is 13.2. The summed E-state index contributed by atoms with van der Waals surface area (Å²) in [6.45, 7) is 0. The summed E-state index contributed by atoms with van der Waals surface area (Å²) in [4.78, 5) is 0. The zero-order chi connectivity index (χ0) is 36.1. The van der Waals surface area contributed by atoms with Gasteiger partial charge in [-0.25, -0.2) is 0 Å². The molecule has 7 aromatic rings. The van der Waals surface area contributed by atoms with E-state index < -0.39 is 63.9 Å². The van der Waals surface area contributed by atoms with E-state index in [1.807, 2.05) is 0 Å². The highest BCUT2D eigenvalue weighted by Gasteiger charge is 2.42. The van der Waals surface area contributed by atoms with Crippen molar-refractivity contribution in [2.75, 3.05) is 0 Å².